The zero-order valence-electron chi connectivity index (χ0n) is 20.6. The number of nitrogens with zero attached hydrogens (tertiary/aromatic N) is 5. The average molecular weight is 494 g/mol. The van der Waals surface area contributed by atoms with Crippen LogP contribution in [0.3, 0.4) is 0 Å². The highest BCUT2D eigenvalue weighted by atomic mass is 32.1. The first-order valence-electron chi connectivity index (χ1n) is 11.9. The first-order chi connectivity index (χ1) is 17.0. The maximum absolute atomic E-state index is 13.3. The SMILES string of the molecule is CCN(CCN(C)C)C(=O)C1CCc2c(sc3ncnc(Nc4cc5cn[nH]c5cc4OC)c23)C1. The molecular formula is C25H31N7O2S. The van der Waals surface area contributed by atoms with Crippen molar-refractivity contribution in [2.45, 2.75) is 26.2 Å². The molecule has 0 bridgehead atoms. The molecule has 9 nitrogen and oxygen atoms in total. The van der Waals surface area contributed by atoms with Crippen LogP contribution in [0.2, 0.25) is 0 Å². The average Bonchev–Trinajstić information content (AvgIpc) is 3.47. The van der Waals surface area contributed by atoms with Crippen LogP contribution in [0.1, 0.15) is 23.8 Å². The maximum atomic E-state index is 13.3. The molecule has 0 saturated carbocycles. The molecule has 184 valence electrons. The lowest BCUT2D eigenvalue weighted by Crippen LogP contribution is -2.41. The number of ether oxygens (including phenoxy) is 1. The van der Waals surface area contributed by atoms with E-state index in [0.29, 0.717) is 5.75 Å². The number of carbonyl (C=O) groups is 1. The predicted octanol–water partition coefficient (Wildman–Crippen LogP) is 3.83. The summed E-state index contributed by atoms with van der Waals surface area (Å²) < 4.78 is 5.61. The third kappa shape index (κ3) is 4.55. The van der Waals surface area contributed by atoms with Gasteiger partial charge < -0.3 is 19.9 Å². The zero-order valence-corrected chi connectivity index (χ0v) is 21.4. The summed E-state index contributed by atoms with van der Waals surface area (Å²) in [4.78, 5) is 28.7. The molecule has 0 fully saturated rings. The minimum absolute atomic E-state index is 0.0191. The number of rotatable bonds is 8. The van der Waals surface area contributed by atoms with Crippen molar-refractivity contribution in [3.8, 4) is 5.75 Å². The van der Waals surface area contributed by atoms with E-state index in [-0.39, 0.29) is 11.8 Å². The Morgan fingerprint density at radius 2 is 2.14 bits per heavy atom. The molecular weight excluding hydrogens is 462 g/mol. The topological polar surface area (TPSA) is 99.3 Å². The van der Waals surface area contributed by atoms with Crippen LogP contribution in [0.5, 0.6) is 5.75 Å². The summed E-state index contributed by atoms with van der Waals surface area (Å²) in [7, 11) is 5.73. The smallest absolute Gasteiger partial charge is 0.226 e. The fourth-order valence-corrected chi connectivity index (χ4v) is 6.05. The highest BCUT2D eigenvalue weighted by Gasteiger charge is 2.31. The minimum atomic E-state index is 0.0191. The van der Waals surface area contributed by atoms with Crippen molar-refractivity contribution >= 4 is 49.9 Å². The lowest BCUT2D eigenvalue weighted by Gasteiger charge is -2.29. The highest BCUT2D eigenvalue weighted by Crippen LogP contribution is 2.42. The van der Waals surface area contributed by atoms with Gasteiger partial charge >= 0.3 is 0 Å². The Balaban J connectivity index is 1.43. The summed E-state index contributed by atoms with van der Waals surface area (Å²) in [6, 6.07) is 3.93. The molecule has 1 aliphatic rings. The molecule has 5 rings (SSSR count). The number of thiophene rings is 1. The molecule has 1 atom stereocenters. The Labute approximate surface area is 208 Å². The van der Waals surface area contributed by atoms with Crippen molar-refractivity contribution in [1.82, 2.24) is 30.0 Å². The van der Waals surface area contributed by atoms with Gasteiger partial charge in [-0.25, -0.2) is 9.97 Å². The van der Waals surface area contributed by atoms with Gasteiger partial charge in [0.05, 0.1) is 29.9 Å². The van der Waals surface area contributed by atoms with E-state index in [2.05, 4.69) is 37.3 Å². The molecule has 35 heavy (non-hydrogen) atoms. The first-order valence-corrected chi connectivity index (χ1v) is 12.8. The van der Waals surface area contributed by atoms with Crippen LogP contribution in [0.15, 0.2) is 24.7 Å². The van der Waals surface area contributed by atoms with Crippen molar-refractivity contribution in [3.05, 3.63) is 35.1 Å². The number of benzene rings is 1. The molecule has 1 aromatic carbocycles. The van der Waals surface area contributed by atoms with E-state index in [1.165, 1.54) is 10.4 Å². The standard InChI is InChI=1S/C25H31N7O2S/c1-5-32(9-8-31(2)3)25(33)15-6-7-17-21(11-15)35-24-22(17)23(26-14-27-24)29-19-10-16-13-28-30-18(16)12-20(19)34-4/h10,12-15H,5-9,11H2,1-4H3,(H,28,30)(H,26,27,29). The Morgan fingerprint density at radius 1 is 1.29 bits per heavy atom. The van der Waals surface area contributed by atoms with Crippen LogP contribution in [0, 0.1) is 5.92 Å². The van der Waals surface area contributed by atoms with Crippen LogP contribution in [-0.4, -0.2) is 76.7 Å². The van der Waals surface area contributed by atoms with Crippen LogP contribution in [-0.2, 0) is 17.6 Å². The van der Waals surface area contributed by atoms with E-state index in [9.17, 15) is 4.79 Å². The van der Waals surface area contributed by atoms with Crippen molar-refractivity contribution in [3.63, 3.8) is 0 Å². The number of aromatic amines is 1. The summed E-state index contributed by atoms with van der Waals surface area (Å²) >= 11 is 1.68. The van der Waals surface area contributed by atoms with Gasteiger partial charge in [0.2, 0.25) is 5.91 Å². The third-order valence-electron chi connectivity index (χ3n) is 6.72. The number of amides is 1. The van der Waals surface area contributed by atoms with Crippen molar-refractivity contribution < 1.29 is 9.53 Å². The second-order valence-corrected chi connectivity index (χ2v) is 10.3. The number of aryl methyl sites for hydroxylation is 1. The van der Waals surface area contributed by atoms with Crippen LogP contribution in [0.25, 0.3) is 21.1 Å². The van der Waals surface area contributed by atoms with Crippen LogP contribution < -0.4 is 10.1 Å². The molecule has 0 spiro atoms. The number of nitrogens with one attached hydrogen (secondary N) is 2. The fourth-order valence-electron chi connectivity index (χ4n) is 4.78. The molecule has 1 amide bonds. The molecule has 3 heterocycles. The van der Waals surface area contributed by atoms with E-state index >= 15 is 0 Å². The number of likely N-dealkylation sites (N-methyl/N-ethyl adjacent to an activating group) is 2. The summed E-state index contributed by atoms with van der Waals surface area (Å²) in [6.45, 7) is 4.44. The molecule has 4 aromatic rings. The number of carbonyl (C=O) groups excluding carboxylic acids is 1. The molecule has 1 unspecified atom stereocenters. The molecule has 0 radical (unpaired) electrons. The Kier molecular flexibility index (Phi) is 6.57. The predicted molar refractivity (Wildman–Crippen MR) is 140 cm³/mol. The number of hydrogen-bond donors (Lipinski definition) is 2. The summed E-state index contributed by atoms with van der Waals surface area (Å²) in [5.74, 6) is 1.76. The summed E-state index contributed by atoms with van der Waals surface area (Å²) in [6.07, 6.45) is 5.83. The van der Waals surface area contributed by atoms with E-state index in [0.717, 1.165) is 71.5 Å². The molecule has 0 aliphatic heterocycles. The maximum Gasteiger partial charge on any atom is 0.226 e. The van der Waals surface area contributed by atoms with E-state index < -0.39 is 0 Å². The molecule has 2 N–H and O–H groups in total. The number of methoxy groups -OCH3 is 1. The minimum Gasteiger partial charge on any atom is -0.494 e. The van der Waals surface area contributed by atoms with Gasteiger partial charge in [-0.2, -0.15) is 5.10 Å². The van der Waals surface area contributed by atoms with Crippen LogP contribution in [0.4, 0.5) is 11.5 Å². The quantitative estimate of drug-likeness (QED) is 0.385. The Bertz CT molecular complexity index is 1360. The van der Waals surface area contributed by atoms with Gasteiger partial charge in [0, 0.05) is 41.9 Å². The van der Waals surface area contributed by atoms with E-state index in [1.54, 1.807) is 31.0 Å². The van der Waals surface area contributed by atoms with Gasteiger partial charge in [-0.1, -0.05) is 0 Å². The van der Waals surface area contributed by atoms with Crippen molar-refractivity contribution in [1.29, 1.82) is 0 Å². The Morgan fingerprint density at radius 3 is 2.91 bits per heavy atom. The third-order valence-corrected chi connectivity index (χ3v) is 7.88. The fraction of sp³-hybridized carbons (Fsp3) is 0.440. The van der Waals surface area contributed by atoms with E-state index in [1.807, 2.05) is 31.1 Å². The second kappa shape index (κ2) is 9.79. The largest absolute Gasteiger partial charge is 0.494 e. The Hall–Kier alpha value is -3.24. The van der Waals surface area contributed by atoms with Crippen molar-refractivity contribution in [2.75, 3.05) is 46.2 Å². The van der Waals surface area contributed by atoms with Crippen LogP contribution >= 0.6 is 11.3 Å². The van der Waals surface area contributed by atoms with Gasteiger partial charge in [0.1, 0.15) is 22.7 Å². The van der Waals surface area contributed by atoms with Gasteiger partial charge in [0.25, 0.3) is 0 Å². The van der Waals surface area contributed by atoms with Gasteiger partial charge in [-0.05, 0) is 51.9 Å². The monoisotopic (exact) mass is 493 g/mol. The number of aromatic nitrogens is 4. The molecule has 3 aromatic heterocycles. The van der Waals surface area contributed by atoms with Gasteiger partial charge in [0.15, 0.2) is 0 Å². The summed E-state index contributed by atoms with van der Waals surface area (Å²) in [5, 5.41) is 12.6. The number of anilines is 2. The lowest BCUT2D eigenvalue weighted by atomic mass is 9.87. The van der Waals surface area contributed by atoms with Gasteiger partial charge in [-0.3, -0.25) is 9.89 Å². The number of hydrogen-bond acceptors (Lipinski definition) is 8. The highest BCUT2D eigenvalue weighted by molar-refractivity contribution is 7.19. The first kappa shape index (κ1) is 23.5. The molecule has 1 aliphatic carbocycles. The van der Waals surface area contributed by atoms with E-state index in [4.69, 9.17) is 4.74 Å². The second-order valence-electron chi connectivity index (χ2n) is 9.20. The number of fused-ring (bicyclic) bond motifs is 4. The normalized spacial score (nSPS) is 15.5. The molecule has 10 heteroatoms. The summed E-state index contributed by atoms with van der Waals surface area (Å²) in [5.41, 5.74) is 3.00. The zero-order chi connectivity index (χ0) is 24.5. The van der Waals surface area contributed by atoms with Crippen molar-refractivity contribution in [2.24, 2.45) is 5.92 Å². The number of H-pyrrole nitrogens is 1. The van der Waals surface area contributed by atoms with Gasteiger partial charge in [-0.15, -0.1) is 11.3 Å². The lowest BCUT2D eigenvalue weighted by molar-refractivity contribution is -0.135. The molecule has 0 saturated heterocycles.